The fourth-order valence-corrected chi connectivity index (χ4v) is 3.07. The van der Waals surface area contributed by atoms with Crippen molar-refractivity contribution in [3.8, 4) is 5.75 Å². The van der Waals surface area contributed by atoms with Gasteiger partial charge in [-0.1, -0.05) is 42.5 Å². The lowest BCUT2D eigenvalue weighted by Gasteiger charge is -2.15. The fourth-order valence-electron chi connectivity index (χ4n) is 3.07. The summed E-state index contributed by atoms with van der Waals surface area (Å²) < 4.78 is 11.2. The summed E-state index contributed by atoms with van der Waals surface area (Å²) in [4.78, 5) is 4.69. The van der Waals surface area contributed by atoms with Crippen molar-refractivity contribution < 1.29 is 9.47 Å². The molecule has 146 valence electrons. The number of para-hydroxylation sites is 1. The second kappa shape index (κ2) is 11.1. The molecule has 0 amide bonds. The number of halogens is 1. The minimum Gasteiger partial charge on any atom is -0.488 e. The molecule has 1 aliphatic heterocycles. The van der Waals surface area contributed by atoms with Gasteiger partial charge in [-0.05, 0) is 29.7 Å². The van der Waals surface area contributed by atoms with Gasteiger partial charge in [0.1, 0.15) is 11.9 Å². The van der Waals surface area contributed by atoms with E-state index in [-0.39, 0.29) is 30.1 Å². The van der Waals surface area contributed by atoms with E-state index in [1.807, 2.05) is 18.2 Å². The van der Waals surface area contributed by atoms with Crippen molar-refractivity contribution in [3.05, 3.63) is 65.2 Å². The van der Waals surface area contributed by atoms with Gasteiger partial charge in [0, 0.05) is 20.1 Å². The van der Waals surface area contributed by atoms with E-state index < -0.39 is 0 Å². The zero-order valence-electron chi connectivity index (χ0n) is 15.9. The number of methoxy groups -OCH3 is 1. The van der Waals surface area contributed by atoms with Crippen LogP contribution >= 0.6 is 24.0 Å². The van der Waals surface area contributed by atoms with E-state index in [1.165, 1.54) is 11.1 Å². The standard InChI is InChI=1S/C21H27N3O2.HI/c1-3-22-21(23-13-16-7-6-8-17(11-16)15-25-2)24-14-19-12-18-9-4-5-10-20(18)26-19;/h4-11,19H,3,12-15H2,1-2H3,(H2,22,23,24);1H. The van der Waals surface area contributed by atoms with Crippen molar-refractivity contribution in [2.45, 2.75) is 32.6 Å². The van der Waals surface area contributed by atoms with Crippen LogP contribution in [0.4, 0.5) is 0 Å². The Bertz CT molecular complexity index is 727. The lowest BCUT2D eigenvalue weighted by atomic mass is 10.1. The monoisotopic (exact) mass is 481 g/mol. The van der Waals surface area contributed by atoms with Crippen molar-refractivity contribution in [2.75, 3.05) is 20.2 Å². The number of ether oxygens (including phenoxy) is 2. The van der Waals surface area contributed by atoms with Gasteiger partial charge in [-0.3, -0.25) is 0 Å². The quantitative estimate of drug-likeness (QED) is 0.361. The number of guanidine groups is 1. The number of nitrogens with zero attached hydrogens (tertiary/aromatic N) is 1. The number of hydrogen-bond acceptors (Lipinski definition) is 3. The Balaban J connectivity index is 0.00000261. The molecule has 1 unspecified atom stereocenters. The zero-order chi connectivity index (χ0) is 18.2. The van der Waals surface area contributed by atoms with Crippen LogP contribution in [0.15, 0.2) is 53.5 Å². The molecular formula is C21H28IN3O2. The lowest BCUT2D eigenvalue weighted by molar-refractivity contribution is 0.185. The molecule has 0 radical (unpaired) electrons. The zero-order valence-corrected chi connectivity index (χ0v) is 18.2. The minimum absolute atomic E-state index is 0. The summed E-state index contributed by atoms with van der Waals surface area (Å²) in [6.07, 6.45) is 1.07. The summed E-state index contributed by atoms with van der Waals surface area (Å²) in [5.74, 6) is 1.81. The van der Waals surface area contributed by atoms with Gasteiger partial charge in [0.15, 0.2) is 5.96 Å². The molecule has 1 aliphatic rings. The summed E-state index contributed by atoms with van der Waals surface area (Å²) in [7, 11) is 1.71. The number of fused-ring (bicyclic) bond motifs is 1. The van der Waals surface area contributed by atoms with Crippen LogP contribution < -0.4 is 15.4 Å². The average Bonchev–Trinajstić information content (AvgIpc) is 3.07. The molecule has 0 aliphatic carbocycles. The summed E-state index contributed by atoms with van der Waals surface area (Å²) in [6, 6.07) is 16.6. The first-order valence-corrected chi connectivity index (χ1v) is 9.12. The van der Waals surface area contributed by atoms with Gasteiger partial charge in [0.25, 0.3) is 0 Å². The van der Waals surface area contributed by atoms with Gasteiger partial charge >= 0.3 is 0 Å². The van der Waals surface area contributed by atoms with E-state index in [0.717, 1.165) is 36.8 Å². The first-order chi connectivity index (χ1) is 12.8. The van der Waals surface area contributed by atoms with Crippen molar-refractivity contribution in [3.63, 3.8) is 0 Å². The van der Waals surface area contributed by atoms with Crippen LogP contribution in [0.25, 0.3) is 0 Å². The summed E-state index contributed by atoms with van der Waals surface area (Å²) >= 11 is 0. The number of aliphatic imine (C=N–C) groups is 1. The highest BCUT2D eigenvalue weighted by atomic mass is 127. The Labute approximate surface area is 178 Å². The topological polar surface area (TPSA) is 54.9 Å². The van der Waals surface area contributed by atoms with Crippen LogP contribution in [0.1, 0.15) is 23.6 Å². The predicted molar refractivity (Wildman–Crippen MR) is 120 cm³/mol. The Kier molecular flexibility index (Phi) is 8.87. The highest BCUT2D eigenvalue weighted by molar-refractivity contribution is 14.0. The van der Waals surface area contributed by atoms with E-state index in [9.17, 15) is 0 Å². The van der Waals surface area contributed by atoms with Crippen LogP contribution in [0, 0.1) is 0 Å². The normalized spacial score (nSPS) is 15.5. The molecule has 3 rings (SSSR count). The third-order valence-corrected chi connectivity index (χ3v) is 4.28. The highest BCUT2D eigenvalue weighted by Crippen LogP contribution is 2.27. The first kappa shape index (κ1) is 21.5. The summed E-state index contributed by atoms with van der Waals surface area (Å²) in [5.41, 5.74) is 3.60. The van der Waals surface area contributed by atoms with E-state index >= 15 is 0 Å². The van der Waals surface area contributed by atoms with Gasteiger partial charge in [-0.25, -0.2) is 4.99 Å². The molecule has 0 saturated carbocycles. The minimum atomic E-state index is 0. The SMILES string of the molecule is CCNC(=NCc1cccc(COC)c1)NCC1Cc2ccccc2O1.I. The Morgan fingerprint density at radius 2 is 1.96 bits per heavy atom. The molecule has 2 aromatic rings. The van der Waals surface area contributed by atoms with Crippen LogP contribution in [0.5, 0.6) is 5.75 Å². The molecule has 5 nitrogen and oxygen atoms in total. The van der Waals surface area contributed by atoms with E-state index in [4.69, 9.17) is 14.5 Å². The van der Waals surface area contributed by atoms with Gasteiger partial charge in [-0.15, -0.1) is 24.0 Å². The van der Waals surface area contributed by atoms with Gasteiger partial charge in [0.2, 0.25) is 0 Å². The number of rotatable bonds is 7. The molecule has 1 atom stereocenters. The number of nitrogens with one attached hydrogen (secondary N) is 2. The number of benzene rings is 2. The largest absolute Gasteiger partial charge is 0.488 e. The van der Waals surface area contributed by atoms with Crippen molar-refractivity contribution in [1.29, 1.82) is 0 Å². The third kappa shape index (κ3) is 6.39. The lowest BCUT2D eigenvalue weighted by Crippen LogP contribution is -2.42. The van der Waals surface area contributed by atoms with Crippen LogP contribution in [-0.4, -0.2) is 32.3 Å². The van der Waals surface area contributed by atoms with Gasteiger partial charge < -0.3 is 20.1 Å². The Hall–Kier alpha value is -1.80. The first-order valence-electron chi connectivity index (χ1n) is 9.12. The van der Waals surface area contributed by atoms with Gasteiger partial charge in [-0.2, -0.15) is 0 Å². The molecule has 0 fully saturated rings. The molecule has 2 aromatic carbocycles. The van der Waals surface area contributed by atoms with Crippen LogP contribution in [-0.2, 0) is 24.3 Å². The molecule has 6 heteroatoms. The summed E-state index contributed by atoms with van der Waals surface area (Å²) in [5, 5.41) is 6.69. The smallest absolute Gasteiger partial charge is 0.191 e. The molecule has 0 saturated heterocycles. The van der Waals surface area contributed by atoms with E-state index in [2.05, 4.69) is 47.9 Å². The molecule has 0 bridgehead atoms. The second-order valence-electron chi connectivity index (χ2n) is 6.38. The van der Waals surface area contributed by atoms with Gasteiger partial charge in [0.05, 0.1) is 19.7 Å². The van der Waals surface area contributed by atoms with Crippen molar-refractivity contribution in [1.82, 2.24) is 10.6 Å². The Morgan fingerprint density at radius 3 is 2.74 bits per heavy atom. The molecule has 0 aromatic heterocycles. The van der Waals surface area contributed by atoms with Crippen LogP contribution in [0.2, 0.25) is 0 Å². The maximum atomic E-state index is 5.98. The van der Waals surface area contributed by atoms with Crippen molar-refractivity contribution in [2.24, 2.45) is 4.99 Å². The van der Waals surface area contributed by atoms with E-state index in [1.54, 1.807) is 7.11 Å². The molecular weight excluding hydrogens is 453 g/mol. The second-order valence-corrected chi connectivity index (χ2v) is 6.38. The maximum Gasteiger partial charge on any atom is 0.191 e. The molecule has 2 N–H and O–H groups in total. The highest BCUT2D eigenvalue weighted by Gasteiger charge is 2.22. The molecule has 1 heterocycles. The fraction of sp³-hybridized carbons (Fsp3) is 0.381. The van der Waals surface area contributed by atoms with E-state index in [0.29, 0.717) is 13.2 Å². The third-order valence-electron chi connectivity index (χ3n) is 4.28. The Morgan fingerprint density at radius 1 is 1.15 bits per heavy atom. The summed E-state index contributed by atoms with van der Waals surface area (Å²) in [6.45, 7) is 4.86. The molecule has 27 heavy (non-hydrogen) atoms. The molecule has 0 spiro atoms. The van der Waals surface area contributed by atoms with Crippen molar-refractivity contribution >= 4 is 29.9 Å². The predicted octanol–water partition coefficient (Wildman–Crippen LogP) is 3.51. The average molecular weight is 481 g/mol. The maximum absolute atomic E-state index is 5.98. The van der Waals surface area contributed by atoms with Crippen LogP contribution in [0.3, 0.4) is 0 Å². The number of hydrogen-bond donors (Lipinski definition) is 2.